The third-order valence-electron chi connectivity index (χ3n) is 1.60. The molecule has 0 bridgehead atoms. The van der Waals surface area contributed by atoms with Crippen LogP contribution in [0.25, 0.3) is 0 Å². The van der Waals surface area contributed by atoms with Gasteiger partial charge in [0.05, 0.1) is 6.61 Å². The second-order valence-corrected chi connectivity index (χ2v) is 3.11. The molecule has 1 N–H and O–H groups in total. The lowest BCUT2D eigenvalue weighted by molar-refractivity contribution is 0.117. The highest BCUT2D eigenvalue weighted by Gasteiger charge is 2.15. The lowest BCUT2D eigenvalue weighted by atomic mass is 10.0. The Labute approximate surface area is 61.5 Å². The van der Waals surface area contributed by atoms with E-state index >= 15 is 0 Å². The summed E-state index contributed by atoms with van der Waals surface area (Å²) >= 11 is 0. The summed E-state index contributed by atoms with van der Waals surface area (Å²) < 4.78 is 4.90. The van der Waals surface area contributed by atoms with Gasteiger partial charge in [0.15, 0.2) is 0 Å². The Balaban J connectivity index is 2.46. The van der Waals surface area contributed by atoms with Crippen LogP contribution in [-0.2, 0) is 4.74 Å². The van der Waals surface area contributed by atoms with Crippen LogP contribution in [0, 0.1) is 5.92 Å². The van der Waals surface area contributed by atoms with Gasteiger partial charge in [-0.1, -0.05) is 13.8 Å². The first-order chi connectivity index (χ1) is 4.70. The summed E-state index contributed by atoms with van der Waals surface area (Å²) in [6, 6.07) is 0. The first-order valence-electron chi connectivity index (χ1n) is 3.74. The van der Waals surface area contributed by atoms with Crippen LogP contribution in [0.1, 0.15) is 26.7 Å². The van der Waals surface area contributed by atoms with Crippen LogP contribution < -0.4 is 0 Å². The van der Waals surface area contributed by atoms with E-state index in [1.54, 1.807) is 0 Å². The van der Waals surface area contributed by atoms with Crippen LogP contribution in [0.15, 0.2) is 11.5 Å². The minimum absolute atomic E-state index is 0.175. The molecule has 10 heavy (non-hydrogen) atoms. The molecule has 0 aliphatic carbocycles. The van der Waals surface area contributed by atoms with Gasteiger partial charge in [-0.2, -0.15) is 0 Å². The highest BCUT2D eigenvalue weighted by Crippen LogP contribution is 2.23. The van der Waals surface area contributed by atoms with Gasteiger partial charge in [-0.25, -0.2) is 0 Å². The second kappa shape index (κ2) is 2.95. The molecule has 0 fully saturated rings. The van der Waals surface area contributed by atoms with E-state index in [9.17, 15) is 0 Å². The third kappa shape index (κ3) is 1.66. The summed E-state index contributed by atoms with van der Waals surface area (Å²) in [5.74, 6) is 0.785. The molecular formula is C8H14O2. The Morgan fingerprint density at radius 2 is 2.30 bits per heavy atom. The third-order valence-corrected chi connectivity index (χ3v) is 1.60. The molecule has 58 valence electrons. The molecule has 0 aromatic carbocycles. The number of ether oxygens (including phenoxy) is 1. The molecule has 0 aromatic rings. The monoisotopic (exact) mass is 142 g/mol. The number of aliphatic hydroxyl groups excluding tert-OH is 1. The Morgan fingerprint density at radius 1 is 1.60 bits per heavy atom. The minimum atomic E-state index is 0.175. The molecule has 1 heterocycles. The standard InChI is InChI=1S/C8H14O2/c1-6(2)5-7-3-4-10-8(7)9/h6,9H,3-5H2,1-2H3. The van der Waals surface area contributed by atoms with E-state index in [-0.39, 0.29) is 5.95 Å². The molecule has 0 spiro atoms. The van der Waals surface area contributed by atoms with Gasteiger partial charge in [0.2, 0.25) is 0 Å². The van der Waals surface area contributed by atoms with Crippen LogP contribution in [-0.4, -0.2) is 11.7 Å². The van der Waals surface area contributed by atoms with Gasteiger partial charge in [0.1, 0.15) is 0 Å². The summed E-state index contributed by atoms with van der Waals surface area (Å²) in [6.45, 7) is 4.94. The van der Waals surface area contributed by atoms with E-state index < -0.39 is 0 Å². The summed E-state index contributed by atoms with van der Waals surface area (Å²) in [5, 5.41) is 9.10. The van der Waals surface area contributed by atoms with Gasteiger partial charge >= 0.3 is 0 Å². The van der Waals surface area contributed by atoms with E-state index in [1.165, 1.54) is 0 Å². The second-order valence-electron chi connectivity index (χ2n) is 3.11. The Bertz CT molecular complexity index is 147. The molecule has 0 unspecified atom stereocenters. The molecule has 0 atom stereocenters. The van der Waals surface area contributed by atoms with Crippen LogP contribution in [0.5, 0.6) is 0 Å². The molecular weight excluding hydrogens is 128 g/mol. The lowest BCUT2D eigenvalue weighted by Crippen LogP contribution is -1.91. The topological polar surface area (TPSA) is 29.5 Å². The average Bonchev–Trinajstić information content (AvgIpc) is 2.15. The van der Waals surface area contributed by atoms with Crippen LogP contribution in [0.3, 0.4) is 0 Å². The predicted octanol–water partition coefficient (Wildman–Crippen LogP) is 2.22. The van der Waals surface area contributed by atoms with Crippen molar-refractivity contribution in [1.29, 1.82) is 0 Å². The fourth-order valence-corrected chi connectivity index (χ4v) is 1.16. The van der Waals surface area contributed by atoms with Gasteiger partial charge in [0.25, 0.3) is 5.95 Å². The molecule has 0 aromatic heterocycles. The SMILES string of the molecule is CC(C)CC1=C(O)OCC1. The minimum Gasteiger partial charge on any atom is -0.481 e. The smallest absolute Gasteiger partial charge is 0.275 e. The number of hydrogen-bond acceptors (Lipinski definition) is 2. The highest BCUT2D eigenvalue weighted by molar-refractivity contribution is 5.07. The van der Waals surface area contributed by atoms with Crippen molar-refractivity contribution in [2.45, 2.75) is 26.7 Å². The maximum absolute atomic E-state index is 9.10. The normalized spacial score (nSPS) is 18.3. The van der Waals surface area contributed by atoms with Crippen molar-refractivity contribution in [2.75, 3.05) is 6.61 Å². The molecule has 1 aliphatic heterocycles. The van der Waals surface area contributed by atoms with E-state index in [4.69, 9.17) is 9.84 Å². The van der Waals surface area contributed by atoms with Crippen LogP contribution in [0.4, 0.5) is 0 Å². The van der Waals surface area contributed by atoms with Crippen molar-refractivity contribution in [3.05, 3.63) is 11.5 Å². The first kappa shape index (κ1) is 7.45. The Kier molecular flexibility index (Phi) is 2.20. The molecule has 0 saturated heterocycles. The molecule has 1 aliphatic rings. The van der Waals surface area contributed by atoms with Crippen molar-refractivity contribution in [3.63, 3.8) is 0 Å². The predicted molar refractivity (Wildman–Crippen MR) is 39.7 cm³/mol. The molecule has 1 rings (SSSR count). The molecule has 2 heteroatoms. The zero-order valence-corrected chi connectivity index (χ0v) is 6.55. The van der Waals surface area contributed by atoms with Gasteiger partial charge in [0, 0.05) is 12.0 Å². The molecule has 0 amide bonds. The molecule has 0 radical (unpaired) electrons. The van der Waals surface area contributed by atoms with Crippen molar-refractivity contribution in [2.24, 2.45) is 5.92 Å². The Morgan fingerprint density at radius 3 is 2.70 bits per heavy atom. The summed E-state index contributed by atoms with van der Waals surface area (Å²) in [4.78, 5) is 0. The van der Waals surface area contributed by atoms with Gasteiger partial charge in [-0.3, -0.25) is 0 Å². The van der Waals surface area contributed by atoms with Gasteiger partial charge < -0.3 is 9.84 Å². The van der Waals surface area contributed by atoms with Crippen molar-refractivity contribution < 1.29 is 9.84 Å². The molecule has 2 nitrogen and oxygen atoms in total. The average molecular weight is 142 g/mol. The van der Waals surface area contributed by atoms with E-state index in [1.807, 2.05) is 0 Å². The van der Waals surface area contributed by atoms with E-state index in [0.717, 1.165) is 18.4 Å². The fourth-order valence-electron chi connectivity index (χ4n) is 1.16. The van der Waals surface area contributed by atoms with Crippen LogP contribution >= 0.6 is 0 Å². The van der Waals surface area contributed by atoms with Gasteiger partial charge in [-0.05, 0) is 12.3 Å². The maximum Gasteiger partial charge on any atom is 0.275 e. The Hall–Kier alpha value is -0.660. The first-order valence-corrected chi connectivity index (χ1v) is 3.74. The van der Waals surface area contributed by atoms with Crippen molar-refractivity contribution >= 4 is 0 Å². The summed E-state index contributed by atoms with van der Waals surface area (Å²) in [5.41, 5.74) is 1.08. The highest BCUT2D eigenvalue weighted by atomic mass is 16.6. The lowest BCUT2D eigenvalue weighted by Gasteiger charge is -2.02. The van der Waals surface area contributed by atoms with Gasteiger partial charge in [-0.15, -0.1) is 0 Å². The van der Waals surface area contributed by atoms with E-state index in [2.05, 4.69) is 13.8 Å². The largest absolute Gasteiger partial charge is 0.481 e. The fraction of sp³-hybridized carbons (Fsp3) is 0.750. The van der Waals surface area contributed by atoms with Crippen molar-refractivity contribution in [3.8, 4) is 0 Å². The molecule has 0 saturated carbocycles. The quantitative estimate of drug-likeness (QED) is 0.640. The number of aliphatic hydroxyl groups is 1. The summed E-state index contributed by atoms with van der Waals surface area (Å²) in [6.07, 6.45) is 1.87. The van der Waals surface area contributed by atoms with E-state index in [0.29, 0.717) is 12.5 Å². The summed E-state index contributed by atoms with van der Waals surface area (Å²) in [7, 11) is 0. The van der Waals surface area contributed by atoms with Crippen molar-refractivity contribution in [1.82, 2.24) is 0 Å². The van der Waals surface area contributed by atoms with Crippen LogP contribution in [0.2, 0.25) is 0 Å². The zero-order valence-electron chi connectivity index (χ0n) is 6.55. The number of rotatable bonds is 2. The number of hydrogen-bond donors (Lipinski definition) is 1. The maximum atomic E-state index is 9.10. The zero-order chi connectivity index (χ0) is 7.56.